The zero-order valence-corrected chi connectivity index (χ0v) is 11.3. The number of nitrogens with zero attached hydrogens (tertiary/aromatic N) is 2. The van der Waals surface area contributed by atoms with Gasteiger partial charge in [-0.15, -0.1) is 0 Å². The lowest BCUT2D eigenvalue weighted by Crippen LogP contribution is -2.51. The molecule has 2 unspecified atom stereocenters. The van der Waals surface area contributed by atoms with Crippen molar-refractivity contribution in [3.8, 4) is 0 Å². The normalized spacial score (nSPS) is 33.5. The van der Waals surface area contributed by atoms with Crippen molar-refractivity contribution in [3.63, 3.8) is 0 Å². The lowest BCUT2D eigenvalue weighted by molar-refractivity contribution is 0.0538. The van der Waals surface area contributed by atoms with Crippen molar-refractivity contribution in [1.82, 2.24) is 15.1 Å². The van der Waals surface area contributed by atoms with Crippen LogP contribution in [-0.2, 0) is 4.74 Å². The molecule has 2 rings (SSSR count). The van der Waals surface area contributed by atoms with Gasteiger partial charge in [-0.3, -0.25) is 4.90 Å². The van der Waals surface area contributed by atoms with E-state index in [-0.39, 0.29) is 0 Å². The molecule has 0 aliphatic carbocycles. The maximum Gasteiger partial charge on any atom is 0.0632 e. The van der Waals surface area contributed by atoms with Gasteiger partial charge in [-0.05, 0) is 33.0 Å². The monoisotopic (exact) mass is 241 g/mol. The fourth-order valence-electron chi connectivity index (χ4n) is 2.94. The van der Waals surface area contributed by atoms with Crippen LogP contribution in [0, 0.1) is 0 Å². The summed E-state index contributed by atoms with van der Waals surface area (Å²) in [7, 11) is 2.24. The van der Waals surface area contributed by atoms with Gasteiger partial charge < -0.3 is 15.0 Å². The van der Waals surface area contributed by atoms with Crippen LogP contribution in [0.25, 0.3) is 0 Å². The summed E-state index contributed by atoms with van der Waals surface area (Å²) in [5.41, 5.74) is 0. The maximum atomic E-state index is 5.55. The van der Waals surface area contributed by atoms with Crippen LogP contribution in [0.5, 0.6) is 0 Å². The molecule has 1 N–H and O–H groups in total. The second-order valence-corrected chi connectivity index (χ2v) is 5.40. The fraction of sp³-hybridized carbons (Fsp3) is 1.00. The predicted octanol–water partition coefficient (Wildman–Crippen LogP) is 0.391. The molecule has 0 aromatic heterocycles. The molecule has 2 atom stereocenters. The molecule has 2 aliphatic heterocycles. The SMILES string of the molecule is CCC1CN(C)CCCN1CC1COCCN1. The highest BCUT2D eigenvalue weighted by Gasteiger charge is 2.25. The number of hydrogen-bond acceptors (Lipinski definition) is 4. The molecular formula is C13H27N3O. The summed E-state index contributed by atoms with van der Waals surface area (Å²) in [5, 5.41) is 3.56. The standard InChI is InChI=1S/C13H27N3O/c1-3-13-10-15(2)6-4-7-16(13)9-12-11-17-8-5-14-12/h12-14H,3-11H2,1-2H3. The third-order valence-electron chi connectivity index (χ3n) is 3.95. The summed E-state index contributed by atoms with van der Waals surface area (Å²) in [6.07, 6.45) is 2.54. The van der Waals surface area contributed by atoms with E-state index in [9.17, 15) is 0 Å². The van der Waals surface area contributed by atoms with Crippen LogP contribution in [0.1, 0.15) is 19.8 Å². The van der Waals surface area contributed by atoms with Gasteiger partial charge in [0.05, 0.1) is 13.2 Å². The van der Waals surface area contributed by atoms with Gasteiger partial charge in [0.2, 0.25) is 0 Å². The predicted molar refractivity (Wildman–Crippen MR) is 70.4 cm³/mol. The number of nitrogens with one attached hydrogen (secondary N) is 1. The molecule has 2 aliphatic rings. The van der Waals surface area contributed by atoms with E-state index in [1.807, 2.05) is 0 Å². The number of likely N-dealkylation sites (N-methyl/N-ethyl adjacent to an activating group) is 1. The lowest BCUT2D eigenvalue weighted by atomic mass is 10.1. The number of rotatable bonds is 3. The molecule has 0 amide bonds. The Kier molecular flexibility index (Phi) is 5.22. The van der Waals surface area contributed by atoms with Crippen LogP contribution < -0.4 is 5.32 Å². The van der Waals surface area contributed by atoms with E-state index < -0.39 is 0 Å². The van der Waals surface area contributed by atoms with Crippen LogP contribution in [-0.4, -0.2) is 74.9 Å². The van der Waals surface area contributed by atoms with Gasteiger partial charge in [0, 0.05) is 31.7 Å². The fourth-order valence-corrected chi connectivity index (χ4v) is 2.94. The van der Waals surface area contributed by atoms with Gasteiger partial charge in [0.25, 0.3) is 0 Å². The number of hydrogen-bond donors (Lipinski definition) is 1. The number of ether oxygens (including phenoxy) is 1. The van der Waals surface area contributed by atoms with Crippen LogP contribution in [0.15, 0.2) is 0 Å². The second-order valence-electron chi connectivity index (χ2n) is 5.40. The maximum absolute atomic E-state index is 5.55. The van der Waals surface area contributed by atoms with Gasteiger partial charge in [-0.2, -0.15) is 0 Å². The first-order valence-electron chi connectivity index (χ1n) is 7.03. The lowest BCUT2D eigenvalue weighted by Gasteiger charge is -2.34. The first-order valence-corrected chi connectivity index (χ1v) is 7.03. The highest BCUT2D eigenvalue weighted by molar-refractivity contribution is 4.82. The largest absolute Gasteiger partial charge is 0.378 e. The second kappa shape index (κ2) is 6.69. The van der Waals surface area contributed by atoms with Crippen molar-refractivity contribution in [2.75, 3.05) is 53.0 Å². The minimum absolute atomic E-state index is 0.529. The highest BCUT2D eigenvalue weighted by Crippen LogP contribution is 2.13. The summed E-state index contributed by atoms with van der Waals surface area (Å²) >= 11 is 0. The first-order chi connectivity index (χ1) is 8.29. The smallest absolute Gasteiger partial charge is 0.0632 e. The zero-order valence-electron chi connectivity index (χ0n) is 11.3. The van der Waals surface area contributed by atoms with E-state index in [4.69, 9.17) is 4.74 Å². The van der Waals surface area contributed by atoms with Crippen molar-refractivity contribution < 1.29 is 4.74 Å². The molecule has 2 fully saturated rings. The Morgan fingerprint density at radius 3 is 2.94 bits per heavy atom. The van der Waals surface area contributed by atoms with Gasteiger partial charge >= 0.3 is 0 Å². The average Bonchev–Trinajstić information content (AvgIpc) is 2.52. The van der Waals surface area contributed by atoms with Gasteiger partial charge in [-0.1, -0.05) is 6.92 Å². The molecule has 4 nitrogen and oxygen atoms in total. The van der Waals surface area contributed by atoms with Gasteiger partial charge in [0.15, 0.2) is 0 Å². The van der Waals surface area contributed by atoms with Gasteiger partial charge in [0.1, 0.15) is 0 Å². The molecule has 100 valence electrons. The van der Waals surface area contributed by atoms with Crippen LogP contribution in [0.3, 0.4) is 0 Å². The van der Waals surface area contributed by atoms with Gasteiger partial charge in [-0.25, -0.2) is 0 Å². The van der Waals surface area contributed by atoms with Crippen molar-refractivity contribution in [2.45, 2.75) is 31.8 Å². The van der Waals surface area contributed by atoms with E-state index in [2.05, 4.69) is 29.1 Å². The molecule has 0 spiro atoms. The quantitative estimate of drug-likeness (QED) is 0.774. The molecule has 0 aromatic rings. The molecule has 2 saturated heterocycles. The Labute approximate surface area is 105 Å². The van der Waals surface area contributed by atoms with E-state index >= 15 is 0 Å². The Bertz CT molecular complexity index is 219. The minimum atomic E-state index is 0.529. The molecule has 0 saturated carbocycles. The third-order valence-corrected chi connectivity index (χ3v) is 3.95. The van der Waals surface area contributed by atoms with Crippen molar-refractivity contribution in [2.24, 2.45) is 0 Å². The summed E-state index contributed by atoms with van der Waals surface area (Å²) in [4.78, 5) is 5.13. The van der Waals surface area contributed by atoms with Crippen LogP contribution >= 0.6 is 0 Å². The van der Waals surface area contributed by atoms with Crippen molar-refractivity contribution >= 4 is 0 Å². The molecular weight excluding hydrogens is 214 g/mol. The molecule has 0 aromatic carbocycles. The van der Waals surface area contributed by atoms with E-state index in [0.29, 0.717) is 12.1 Å². The Morgan fingerprint density at radius 1 is 1.35 bits per heavy atom. The topological polar surface area (TPSA) is 27.7 Å². The minimum Gasteiger partial charge on any atom is -0.378 e. The highest BCUT2D eigenvalue weighted by atomic mass is 16.5. The molecule has 4 heteroatoms. The van der Waals surface area contributed by atoms with Crippen molar-refractivity contribution in [1.29, 1.82) is 0 Å². The molecule has 0 bridgehead atoms. The summed E-state index contributed by atoms with van der Waals surface area (Å²) in [6, 6.07) is 1.24. The Hall–Kier alpha value is -0.160. The van der Waals surface area contributed by atoms with Crippen LogP contribution in [0.4, 0.5) is 0 Å². The van der Waals surface area contributed by atoms with Crippen LogP contribution in [0.2, 0.25) is 0 Å². The molecule has 2 heterocycles. The zero-order chi connectivity index (χ0) is 12.1. The summed E-state index contributed by atoms with van der Waals surface area (Å²) in [6.45, 7) is 9.90. The third kappa shape index (κ3) is 3.91. The first kappa shape index (κ1) is 13.3. The molecule has 0 radical (unpaired) electrons. The van der Waals surface area contributed by atoms with E-state index in [0.717, 1.165) is 26.3 Å². The van der Waals surface area contributed by atoms with E-state index in [1.54, 1.807) is 0 Å². The van der Waals surface area contributed by atoms with E-state index in [1.165, 1.54) is 32.5 Å². The Morgan fingerprint density at radius 2 is 2.24 bits per heavy atom. The summed E-state index contributed by atoms with van der Waals surface area (Å²) < 4.78 is 5.55. The summed E-state index contributed by atoms with van der Waals surface area (Å²) in [5.74, 6) is 0. The average molecular weight is 241 g/mol. The Balaban J connectivity index is 1.87. The number of morpholine rings is 1. The molecule has 17 heavy (non-hydrogen) atoms. The van der Waals surface area contributed by atoms with Crippen molar-refractivity contribution in [3.05, 3.63) is 0 Å².